The van der Waals surface area contributed by atoms with Crippen molar-refractivity contribution in [2.24, 2.45) is 0 Å². The summed E-state index contributed by atoms with van der Waals surface area (Å²) in [5.74, 6) is 0. The van der Waals surface area contributed by atoms with Gasteiger partial charge in [-0.15, -0.1) is 0 Å². The van der Waals surface area contributed by atoms with Crippen molar-refractivity contribution in [2.45, 2.75) is 59.3 Å². The van der Waals surface area contributed by atoms with Gasteiger partial charge in [0, 0.05) is 12.4 Å². The maximum absolute atomic E-state index is 12.3. The fourth-order valence-corrected chi connectivity index (χ4v) is 1.51. The van der Waals surface area contributed by atoms with E-state index in [-0.39, 0.29) is 6.54 Å². The van der Waals surface area contributed by atoms with E-state index in [1.807, 2.05) is 0 Å². The van der Waals surface area contributed by atoms with Gasteiger partial charge in [-0.05, 0) is 59.2 Å². The molecular formula is C16H24N2O4. The standard InChI is InChI=1S/C16H24N2O4/c1-15(2,3)21-13(19)18(14(20)22-16(4,5)6)11-12-7-9-17-10-8-12/h7-10H,11H2,1-6H3. The number of hydrogen-bond acceptors (Lipinski definition) is 5. The molecule has 1 heterocycles. The lowest BCUT2D eigenvalue weighted by molar-refractivity contribution is -0.000248. The molecule has 0 spiro atoms. The summed E-state index contributed by atoms with van der Waals surface area (Å²) in [4.78, 5) is 29.4. The van der Waals surface area contributed by atoms with Crippen LogP contribution in [0.15, 0.2) is 24.5 Å². The minimum atomic E-state index is -0.737. The average Bonchev–Trinajstić information content (AvgIpc) is 2.32. The van der Waals surface area contributed by atoms with E-state index in [1.54, 1.807) is 66.1 Å². The summed E-state index contributed by atoms with van der Waals surface area (Å²) in [5, 5.41) is 0. The highest BCUT2D eigenvalue weighted by Gasteiger charge is 2.31. The van der Waals surface area contributed by atoms with Crippen LogP contribution >= 0.6 is 0 Å². The molecule has 0 saturated heterocycles. The summed E-state index contributed by atoms with van der Waals surface area (Å²) >= 11 is 0. The summed E-state index contributed by atoms with van der Waals surface area (Å²) in [5.41, 5.74) is -0.641. The fraction of sp³-hybridized carbons (Fsp3) is 0.562. The first-order valence-electron chi connectivity index (χ1n) is 7.10. The van der Waals surface area contributed by atoms with Crippen LogP contribution in [0.25, 0.3) is 0 Å². The Kier molecular flexibility index (Phi) is 5.52. The number of imide groups is 1. The summed E-state index contributed by atoms with van der Waals surface area (Å²) < 4.78 is 10.6. The van der Waals surface area contributed by atoms with Crippen molar-refractivity contribution in [2.75, 3.05) is 0 Å². The summed E-state index contributed by atoms with van der Waals surface area (Å²) in [6.07, 6.45) is 1.71. The smallest absolute Gasteiger partial charge is 0.420 e. The molecule has 1 rings (SSSR count). The number of rotatable bonds is 2. The van der Waals surface area contributed by atoms with Crippen molar-refractivity contribution in [1.82, 2.24) is 9.88 Å². The number of amides is 2. The lowest BCUT2D eigenvalue weighted by Crippen LogP contribution is -2.43. The quantitative estimate of drug-likeness (QED) is 0.832. The van der Waals surface area contributed by atoms with E-state index in [0.29, 0.717) is 0 Å². The minimum Gasteiger partial charge on any atom is -0.443 e. The first-order chi connectivity index (χ1) is 9.98. The molecule has 0 fully saturated rings. The van der Waals surface area contributed by atoms with Crippen molar-refractivity contribution in [1.29, 1.82) is 0 Å². The molecule has 0 aromatic carbocycles. The number of hydrogen-bond donors (Lipinski definition) is 0. The molecule has 0 aliphatic carbocycles. The Morgan fingerprint density at radius 2 is 1.36 bits per heavy atom. The third kappa shape index (κ3) is 6.56. The third-order valence-corrected chi connectivity index (χ3v) is 2.32. The van der Waals surface area contributed by atoms with Gasteiger partial charge < -0.3 is 9.47 Å². The normalized spacial score (nSPS) is 11.7. The summed E-state index contributed by atoms with van der Waals surface area (Å²) in [7, 11) is 0. The number of carbonyl (C=O) groups excluding carboxylic acids is 2. The van der Waals surface area contributed by atoms with Crippen LogP contribution < -0.4 is 0 Å². The van der Waals surface area contributed by atoms with Gasteiger partial charge in [0.15, 0.2) is 0 Å². The molecule has 122 valence electrons. The van der Waals surface area contributed by atoms with Gasteiger partial charge in [-0.2, -0.15) is 0 Å². The van der Waals surface area contributed by atoms with Gasteiger partial charge >= 0.3 is 12.2 Å². The van der Waals surface area contributed by atoms with E-state index in [4.69, 9.17) is 9.47 Å². The molecule has 2 amide bonds. The highest BCUT2D eigenvalue weighted by atomic mass is 16.6. The molecule has 0 radical (unpaired) electrons. The Labute approximate surface area is 131 Å². The van der Waals surface area contributed by atoms with Crippen molar-refractivity contribution < 1.29 is 19.1 Å². The summed E-state index contributed by atoms with van der Waals surface area (Å²) in [6.45, 7) is 10.5. The molecule has 0 unspecified atom stereocenters. The van der Waals surface area contributed by atoms with Gasteiger partial charge in [-0.25, -0.2) is 14.5 Å². The molecule has 0 saturated carbocycles. The molecule has 0 atom stereocenters. The molecule has 22 heavy (non-hydrogen) atoms. The molecule has 1 aromatic heterocycles. The van der Waals surface area contributed by atoms with E-state index in [1.165, 1.54) is 0 Å². The van der Waals surface area contributed by atoms with E-state index < -0.39 is 23.4 Å². The van der Waals surface area contributed by atoms with Gasteiger partial charge in [0.1, 0.15) is 11.2 Å². The van der Waals surface area contributed by atoms with Crippen LogP contribution in [-0.4, -0.2) is 33.3 Å². The molecule has 0 N–H and O–H groups in total. The maximum Gasteiger partial charge on any atom is 0.420 e. The van der Waals surface area contributed by atoms with E-state index in [0.717, 1.165) is 10.5 Å². The SMILES string of the molecule is CC(C)(C)OC(=O)N(Cc1ccncc1)C(=O)OC(C)(C)C. The first-order valence-corrected chi connectivity index (χ1v) is 7.10. The fourth-order valence-electron chi connectivity index (χ4n) is 1.51. The van der Waals surface area contributed by atoms with E-state index in [2.05, 4.69) is 4.98 Å². The minimum absolute atomic E-state index is 0.0619. The van der Waals surface area contributed by atoms with Crippen LogP contribution in [0.1, 0.15) is 47.1 Å². The summed E-state index contributed by atoms with van der Waals surface area (Å²) in [6, 6.07) is 3.45. The van der Waals surface area contributed by atoms with E-state index >= 15 is 0 Å². The van der Waals surface area contributed by atoms with Crippen LogP contribution in [0.4, 0.5) is 9.59 Å². The number of aromatic nitrogens is 1. The lowest BCUT2D eigenvalue weighted by atomic mass is 10.2. The number of ether oxygens (including phenoxy) is 2. The number of pyridine rings is 1. The van der Waals surface area contributed by atoms with Crippen LogP contribution in [-0.2, 0) is 16.0 Å². The Hall–Kier alpha value is -2.11. The van der Waals surface area contributed by atoms with E-state index in [9.17, 15) is 9.59 Å². The van der Waals surface area contributed by atoms with Crippen LogP contribution in [0.3, 0.4) is 0 Å². The lowest BCUT2D eigenvalue weighted by Gasteiger charge is -2.28. The zero-order valence-corrected chi connectivity index (χ0v) is 14.0. The Morgan fingerprint density at radius 1 is 0.955 bits per heavy atom. The molecule has 6 nitrogen and oxygen atoms in total. The van der Waals surface area contributed by atoms with Gasteiger partial charge in [0.05, 0.1) is 6.54 Å². The Bertz CT molecular complexity index is 487. The molecule has 0 aliphatic heterocycles. The third-order valence-electron chi connectivity index (χ3n) is 2.32. The predicted molar refractivity (Wildman–Crippen MR) is 82.2 cm³/mol. The highest BCUT2D eigenvalue weighted by Crippen LogP contribution is 2.16. The average molecular weight is 308 g/mol. The zero-order chi connectivity index (χ0) is 17.0. The monoisotopic (exact) mass is 308 g/mol. The molecule has 0 aliphatic rings. The van der Waals surface area contributed by atoms with Gasteiger partial charge in [0.25, 0.3) is 0 Å². The van der Waals surface area contributed by atoms with Crippen molar-refractivity contribution >= 4 is 12.2 Å². The van der Waals surface area contributed by atoms with Crippen molar-refractivity contribution in [3.8, 4) is 0 Å². The number of nitrogens with zero attached hydrogens (tertiary/aromatic N) is 2. The van der Waals surface area contributed by atoms with Crippen LogP contribution in [0, 0.1) is 0 Å². The second kappa shape index (κ2) is 6.77. The van der Waals surface area contributed by atoms with Gasteiger partial charge in [-0.3, -0.25) is 4.98 Å². The molecule has 1 aromatic rings. The van der Waals surface area contributed by atoms with Gasteiger partial charge in [0.2, 0.25) is 0 Å². The molecular weight excluding hydrogens is 284 g/mol. The van der Waals surface area contributed by atoms with Crippen molar-refractivity contribution in [3.63, 3.8) is 0 Å². The topological polar surface area (TPSA) is 68.7 Å². The molecule has 0 bridgehead atoms. The Balaban J connectivity index is 2.94. The first kappa shape index (κ1) is 17.9. The van der Waals surface area contributed by atoms with Crippen molar-refractivity contribution in [3.05, 3.63) is 30.1 Å². The highest BCUT2D eigenvalue weighted by molar-refractivity contribution is 5.88. The number of carbonyl (C=O) groups is 2. The predicted octanol–water partition coefficient (Wildman–Crippen LogP) is 3.75. The largest absolute Gasteiger partial charge is 0.443 e. The second-order valence-electron chi connectivity index (χ2n) is 6.90. The Morgan fingerprint density at radius 3 is 1.73 bits per heavy atom. The van der Waals surface area contributed by atoms with Crippen LogP contribution in [0.5, 0.6) is 0 Å². The van der Waals surface area contributed by atoms with Gasteiger partial charge in [-0.1, -0.05) is 0 Å². The maximum atomic E-state index is 12.3. The zero-order valence-electron chi connectivity index (χ0n) is 14.0. The molecule has 6 heteroatoms. The van der Waals surface area contributed by atoms with Crippen LogP contribution in [0.2, 0.25) is 0 Å². The second-order valence-corrected chi connectivity index (χ2v) is 6.90.